The number of aryl methyl sites for hydroxylation is 1. The fourth-order valence-electron chi connectivity index (χ4n) is 2.96. The molecule has 0 saturated carbocycles. The third-order valence-corrected chi connectivity index (χ3v) is 4.58. The average Bonchev–Trinajstić information content (AvgIpc) is 3.16. The van der Waals surface area contributed by atoms with Crippen LogP contribution in [0.3, 0.4) is 0 Å². The van der Waals surface area contributed by atoms with E-state index in [0.29, 0.717) is 11.3 Å². The molecule has 1 aromatic heterocycles. The number of ether oxygens (including phenoxy) is 1. The van der Waals surface area contributed by atoms with Gasteiger partial charge in [-0.1, -0.05) is 35.9 Å². The Morgan fingerprint density at radius 3 is 2.50 bits per heavy atom. The lowest BCUT2D eigenvalue weighted by molar-refractivity contribution is -0.150. The third kappa shape index (κ3) is 5.26. The van der Waals surface area contributed by atoms with Gasteiger partial charge in [0.25, 0.3) is 11.8 Å². The number of amides is 2. The second-order valence-corrected chi connectivity index (χ2v) is 7.15. The molecule has 156 valence electrons. The standard InChI is InChI=1S/C23H24N2O5/c1-14-7-6-9-18(11-14)22(27)25-16(3)23(28)29-13-21(26)24-15(2)20-12-17-8-4-5-10-19(17)30-20/h4-12,15-16H,13H2,1-3H3,(H,24,26)(H,25,27)/t15-,16-/m0/s1. The molecule has 0 saturated heterocycles. The van der Waals surface area contributed by atoms with Crippen LogP contribution < -0.4 is 10.6 Å². The highest BCUT2D eigenvalue weighted by Crippen LogP contribution is 2.23. The van der Waals surface area contributed by atoms with Crippen molar-refractivity contribution in [1.82, 2.24) is 10.6 Å². The molecular formula is C23H24N2O5. The highest BCUT2D eigenvalue weighted by molar-refractivity contribution is 5.97. The van der Waals surface area contributed by atoms with E-state index in [-0.39, 0.29) is 11.9 Å². The number of furan rings is 1. The minimum absolute atomic E-state index is 0.383. The van der Waals surface area contributed by atoms with E-state index in [0.717, 1.165) is 16.5 Å². The fourth-order valence-corrected chi connectivity index (χ4v) is 2.96. The van der Waals surface area contributed by atoms with Gasteiger partial charge < -0.3 is 19.8 Å². The van der Waals surface area contributed by atoms with E-state index in [2.05, 4.69) is 10.6 Å². The van der Waals surface area contributed by atoms with Crippen molar-refractivity contribution in [2.45, 2.75) is 32.9 Å². The van der Waals surface area contributed by atoms with E-state index in [1.165, 1.54) is 6.92 Å². The topological polar surface area (TPSA) is 97.6 Å². The van der Waals surface area contributed by atoms with Gasteiger partial charge in [0.1, 0.15) is 17.4 Å². The van der Waals surface area contributed by atoms with Crippen LogP contribution in [-0.4, -0.2) is 30.4 Å². The molecular weight excluding hydrogens is 384 g/mol. The van der Waals surface area contributed by atoms with Crippen LogP contribution in [0.1, 0.15) is 41.6 Å². The first-order valence-electron chi connectivity index (χ1n) is 9.65. The van der Waals surface area contributed by atoms with Crippen LogP contribution in [0.15, 0.2) is 59.0 Å². The fraction of sp³-hybridized carbons (Fsp3) is 0.261. The van der Waals surface area contributed by atoms with Crippen LogP contribution in [-0.2, 0) is 14.3 Å². The number of rotatable bonds is 7. The van der Waals surface area contributed by atoms with Gasteiger partial charge in [-0.25, -0.2) is 4.79 Å². The Labute approximate surface area is 174 Å². The van der Waals surface area contributed by atoms with Crippen LogP contribution in [0.4, 0.5) is 0 Å². The summed E-state index contributed by atoms with van der Waals surface area (Å²) in [5.41, 5.74) is 2.12. The number of fused-ring (bicyclic) bond motifs is 1. The lowest BCUT2D eigenvalue weighted by Gasteiger charge is -2.15. The molecule has 1 heterocycles. The predicted octanol–water partition coefficient (Wildman–Crippen LogP) is 3.28. The maximum absolute atomic E-state index is 12.2. The Morgan fingerprint density at radius 2 is 1.77 bits per heavy atom. The zero-order valence-corrected chi connectivity index (χ0v) is 17.1. The summed E-state index contributed by atoms with van der Waals surface area (Å²) < 4.78 is 10.7. The molecule has 0 unspecified atom stereocenters. The molecule has 3 rings (SSSR count). The summed E-state index contributed by atoms with van der Waals surface area (Å²) in [5.74, 6) is -0.933. The maximum atomic E-state index is 12.2. The molecule has 0 bridgehead atoms. The monoisotopic (exact) mass is 408 g/mol. The van der Waals surface area contributed by atoms with Crippen molar-refractivity contribution in [1.29, 1.82) is 0 Å². The number of para-hydroxylation sites is 1. The Hall–Kier alpha value is -3.61. The van der Waals surface area contributed by atoms with Gasteiger partial charge in [0.05, 0.1) is 6.04 Å². The number of nitrogens with one attached hydrogen (secondary N) is 2. The summed E-state index contributed by atoms with van der Waals surface area (Å²) >= 11 is 0. The highest BCUT2D eigenvalue weighted by Gasteiger charge is 2.20. The van der Waals surface area contributed by atoms with Crippen molar-refractivity contribution in [3.05, 3.63) is 71.5 Å². The summed E-state index contributed by atoms with van der Waals surface area (Å²) in [5, 5.41) is 6.24. The minimum Gasteiger partial charge on any atom is -0.459 e. The first-order chi connectivity index (χ1) is 14.3. The van der Waals surface area contributed by atoms with E-state index >= 15 is 0 Å². The summed E-state index contributed by atoms with van der Waals surface area (Å²) in [4.78, 5) is 36.5. The van der Waals surface area contributed by atoms with Crippen LogP contribution >= 0.6 is 0 Å². The van der Waals surface area contributed by atoms with E-state index < -0.39 is 24.5 Å². The molecule has 7 heteroatoms. The SMILES string of the molecule is Cc1cccc(C(=O)N[C@@H](C)C(=O)OCC(=O)N[C@@H](C)c2cc3ccccc3o2)c1. The lowest BCUT2D eigenvalue weighted by atomic mass is 10.1. The first-order valence-corrected chi connectivity index (χ1v) is 9.65. The van der Waals surface area contributed by atoms with Crippen LogP contribution in [0.5, 0.6) is 0 Å². The molecule has 0 aliphatic rings. The third-order valence-electron chi connectivity index (χ3n) is 4.58. The smallest absolute Gasteiger partial charge is 0.328 e. The van der Waals surface area contributed by atoms with Gasteiger partial charge in [-0.05, 0) is 45.0 Å². The second-order valence-electron chi connectivity index (χ2n) is 7.15. The summed E-state index contributed by atoms with van der Waals surface area (Å²) in [6.45, 7) is 4.71. The van der Waals surface area contributed by atoms with Gasteiger partial charge in [0.2, 0.25) is 0 Å². The molecule has 2 amide bonds. The van der Waals surface area contributed by atoms with Gasteiger partial charge >= 0.3 is 5.97 Å². The van der Waals surface area contributed by atoms with Crippen molar-refractivity contribution < 1.29 is 23.5 Å². The predicted molar refractivity (Wildman–Crippen MR) is 112 cm³/mol. The molecule has 0 radical (unpaired) electrons. The number of carbonyl (C=O) groups excluding carboxylic acids is 3. The van der Waals surface area contributed by atoms with Crippen molar-refractivity contribution in [2.24, 2.45) is 0 Å². The Bertz CT molecular complexity index is 1040. The number of hydrogen-bond acceptors (Lipinski definition) is 5. The van der Waals surface area contributed by atoms with Crippen molar-refractivity contribution in [3.63, 3.8) is 0 Å². The number of hydrogen-bond donors (Lipinski definition) is 2. The van der Waals surface area contributed by atoms with E-state index in [1.807, 2.05) is 43.3 Å². The van der Waals surface area contributed by atoms with E-state index in [1.54, 1.807) is 25.1 Å². The Morgan fingerprint density at radius 1 is 1.00 bits per heavy atom. The van der Waals surface area contributed by atoms with Gasteiger partial charge in [0, 0.05) is 10.9 Å². The zero-order chi connectivity index (χ0) is 21.7. The van der Waals surface area contributed by atoms with Crippen molar-refractivity contribution in [3.8, 4) is 0 Å². The summed E-state index contributed by atoms with van der Waals surface area (Å²) in [6.07, 6.45) is 0. The molecule has 0 aliphatic heterocycles. The molecule has 2 aromatic carbocycles. The minimum atomic E-state index is -0.890. The number of esters is 1. The molecule has 2 N–H and O–H groups in total. The van der Waals surface area contributed by atoms with Gasteiger partial charge in [-0.2, -0.15) is 0 Å². The molecule has 0 aliphatic carbocycles. The first kappa shape index (κ1) is 21.1. The van der Waals surface area contributed by atoms with Gasteiger partial charge in [-0.15, -0.1) is 0 Å². The normalized spacial score (nSPS) is 12.8. The average molecular weight is 408 g/mol. The van der Waals surface area contributed by atoms with Crippen LogP contribution in [0.2, 0.25) is 0 Å². The lowest BCUT2D eigenvalue weighted by Crippen LogP contribution is -2.41. The highest BCUT2D eigenvalue weighted by atomic mass is 16.5. The molecule has 0 spiro atoms. The molecule has 0 fully saturated rings. The maximum Gasteiger partial charge on any atom is 0.328 e. The van der Waals surface area contributed by atoms with Crippen molar-refractivity contribution >= 4 is 28.8 Å². The van der Waals surface area contributed by atoms with Gasteiger partial charge in [-0.3, -0.25) is 9.59 Å². The molecule has 7 nitrogen and oxygen atoms in total. The Kier molecular flexibility index (Phi) is 6.51. The molecule has 30 heavy (non-hydrogen) atoms. The summed E-state index contributed by atoms with van der Waals surface area (Å²) in [7, 11) is 0. The second kappa shape index (κ2) is 9.26. The number of benzene rings is 2. The van der Waals surface area contributed by atoms with Gasteiger partial charge in [0.15, 0.2) is 6.61 Å². The molecule has 2 atom stereocenters. The van der Waals surface area contributed by atoms with E-state index in [9.17, 15) is 14.4 Å². The quantitative estimate of drug-likeness (QED) is 0.585. The van der Waals surface area contributed by atoms with Crippen molar-refractivity contribution in [2.75, 3.05) is 6.61 Å². The molecule has 3 aromatic rings. The Balaban J connectivity index is 1.47. The van der Waals surface area contributed by atoms with E-state index in [4.69, 9.17) is 9.15 Å². The van der Waals surface area contributed by atoms with Crippen LogP contribution in [0.25, 0.3) is 11.0 Å². The number of carbonyl (C=O) groups is 3. The zero-order valence-electron chi connectivity index (χ0n) is 17.1. The largest absolute Gasteiger partial charge is 0.459 e. The summed E-state index contributed by atoms with van der Waals surface area (Å²) in [6, 6.07) is 15.1. The van der Waals surface area contributed by atoms with Crippen LogP contribution in [0, 0.1) is 6.92 Å².